The highest BCUT2D eigenvalue weighted by Gasteiger charge is 2.36. The lowest BCUT2D eigenvalue weighted by molar-refractivity contribution is -0.142. The van der Waals surface area contributed by atoms with Crippen molar-refractivity contribution in [3.63, 3.8) is 0 Å². The number of piperidine rings is 2. The van der Waals surface area contributed by atoms with Gasteiger partial charge in [0.1, 0.15) is 0 Å². The van der Waals surface area contributed by atoms with Gasteiger partial charge in [0.05, 0.1) is 11.7 Å². The Labute approximate surface area is 269 Å². The number of benzene rings is 2. The molecule has 0 bridgehead atoms. The Bertz CT molecular complexity index is 1540. The number of piperazine rings is 1. The molecule has 1 aromatic heterocycles. The smallest absolute Gasteiger partial charge is 0.410 e. The number of H-pyrrole nitrogens is 1. The van der Waals surface area contributed by atoms with E-state index in [-0.39, 0.29) is 18.0 Å². The summed E-state index contributed by atoms with van der Waals surface area (Å²) in [5, 5.41) is 14.5. The van der Waals surface area contributed by atoms with Gasteiger partial charge in [-0.2, -0.15) is 5.10 Å². The van der Waals surface area contributed by atoms with Gasteiger partial charge in [0.25, 0.3) is 5.91 Å². The molecule has 3 saturated heterocycles. The van der Waals surface area contributed by atoms with Crippen LogP contribution in [0.5, 0.6) is 0 Å². The van der Waals surface area contributed by atoms with Crippen molar-refractivity contribution in [2.45, 2.75) is 56.7 Å². The van der Waals surface area contributed by atoms with E-state index in [1.165, 1.54) is 0 Å². The molecule has 4 aliphatic heterocycles. The SMILES string of the molecule is O=C(O[C@H](Cc1ccc2[nH]ncc2c1)C(=O)N1CCC(N2CCNCC2)CC1)N1CCC(N2CCc3ccccc3NC2=O)CC1. The average molecular weight is 629 g/mol. The normalized spacial score (nSPS) is 21.0. The molecule has 3 N–H and O–H groups in total. The second-order valence-corrected chi connectivity index (χ2v) is 13.0. The third-order valence-corrected chi connectivity index (χ3v) is 10.2. The summed E-state index contributed by atoms with van der Waals surface area (Å²) in [4.78, 5) is 48.6. The van der Waals surface area contributed by atoms with E-state index < -0.39 is 12.2 Å². The van der Waals surface area contributed by atoms with E-state index in [0.717, 1.165) is 73.2 Å². The van der Waals surface area contributed by atoms with Gasteiger partial charge in [-0.1, -0.05) is 24.3 Å². The molecule has 3 fully saturated rings. The third kappa shape index (κ3) is 6.68. The molecular formula is C34H44N8O4. The van der Waals surface area contributed by atoms with Crippen LogP contribution in [0.4, 0.5) is 15.3 Å². The zero-order chi connectivity index (χ0) is 31.5. The Morgan fingerprint density at radius 2 is 1.63 bits per heavy atom. The summed E-state index contributed by atoms with van der Waals surface area (Å²) in [6.07, 6.45) is 4.64. The maximum absolute atomic E-state index is 14.0. The van der Waals surface area contributed by atoms with Gasteiger partial charge in [-0.3, -0.25) is 14.8 Å². The number of hydrogen-bond donors (Lipinski definition) is 3. The molecule has 3 aromatic rings. The molecule has 2 aromatic carbocycles. The van der Waals surface area contributed by atoms with E-state index in [1.54, 1.807) is 11.1 Å². The molecule has 0 spiro atoms. The first-order valence-electron chi connectivity index (χ1n) is 16.8. The number of likely N-dealkylation sites (tertiary alicyclic amines) is 2. The Morgan fingerprint density at radius 1 is 0.891 bits per heavy atom. The first-order chi connectivity index (χ1) is 22.5. The lowest BCUT2D eigenvalue weighted by atomic mass is 10.00. The maximum Gasteiger partial charge on any atom is 0.410 e. The minimum absolute atomic E-state index is 0.0365. The summed E-state index contributed by atoms with van der Waals surface area (Å²) >= 11 is 0. The molecule has 46 heavy (non-hydrogen) atoms. The van der Waals surface area contributed by atoms with Crippen molar-refractivity contribution in [3.05, 3.63) is 59.8 Å². The Hall–Kier alpha value is -4.16. The van der Waals surface area contributed by atoms with Crippen LogP contribution in [0, 0.1) is 0 Å². The largest absolute Gasteiger partial charge is 0.436 e. The number of rotatable bonds is 6. The van der Waals surface area contributed by atoms with Crippen LogP contribution in [0.1, 0.15) is 36.8 Å². The highest BCUT2D eigenvalue weighted by molar-refractivity contribution is 5.91. The summed E-state index contributed by atoms with van der Waals surface area (Å²) in [5.74, 6) is -0.130. The summed E-state index contributed by atoms with van der Waals surface area (Å²) < 4.78 is 6.07. The minimum Gasteiger partial charge on any atom is -0.436 e. The highest BCUT2D eigenvalue weighted by Crippen LogP contribution is 2.26. The molecule has 12 nitrogen and oxygen atoms in total. The number of anilines is 1. The molecule has 0 saturated carbocycles. The quantitative estimate of drug-likeness (QED) is 0.383. The monoisotopic (exact) mass is 628 g/mol. The van der Waals surface area contributed by atoms with Crippen LogP contribution in [-0.2, 0) is 22.4 Å². The van der Waals surface area contributed by atoms with E-state index >= 15 is 0 Å². The predicted molar refractivity (Wildman–Crippen MR) is 175 cm³/mol. The summed E-state index contributed by atoms with van der Waals surface area (Å²) in [6.45, 7) is 7.01. The molecule has 12 heteroatoms. The van der Waals surface area contributed by atoms with Gasteiger partial charge in [0.2, 0.25) is 0 Å². The Balaban J connectivity index is 0.986. The number of hydrogen-bond acceptors (Lipinski definition) is 7. The molecule has 4 amide bonds. The zero-order valence-corrected chi connectivity index (χ0v) is 26.3. The van der Waals surface area contributed by atoms with Crippen molar-refractivity contribution in [2.24, 2.45) is 0 Å². The van der Waals surface area contributed by atoms with E-state index in [4.69, 9.17) is 4.74 Å². The number of aromatic amines is 1. The number of urea groups is 1. The molecule has 0 aliphatic carbocycles. The molecule has 0 unspecified atom stereocenters. The van der Waals surface area contributed by atoms with Crippen molar-refractivity contribution in [1.29, 1.82) is 0 Å². The summed E-state index contributed by atoms with van der Waals surface area (Å²) in [6, 6.07) is 14.3. The van der Waals surface area contributed by atoms with Crippen molar-refractivity contribution in [1.82, 2.24) is 35.1 Å². The minimum atomic E-state index is -0.916. The number of aromatic nitrogens is 2. The van der Waals surface area contributed by atoms with Crippen molar-refractivity contribution in [3.8, 4) is 0 Å². The van der Waals surface area contributed by atoms with Gasteiger partial charge in [-0.25, -0.2) is 9.59 Å². The molecule has 1 atom stereocenters. The molecule has 5 heterocycles. The third-order valence-electron chi connectivity index (χ3n) is 10.2. The lowest BCUT2D eigenvalue weighted by Crippen LogP contribution is -2.54. The summed E-state index contributed by atoms with van der Waals surface area (Å²) in [7, 11) is 0. The fraction of sp³-hybridized carbons (Fsp3) is 0.529. The van der Waals surface area contributed by atoms with E-state index in [2.05, 4.69) is 31.8 Å². The first kappa shape index (κ1) is 30.5. The molecule has 7 rings (SSSR count). The van der Waals surface area contributed by atoms with Gasteiger partial charge >= 0.3 is 12.1 Å². The fourth-order valence-corrected chi connectivity index (χ4v) is 7.51. The summed E-state index contributed by atoms with van der Waals surface area (Å²) in [5.41, 5.74) is 3.84. The highest BCUT2D eigenvalue weighted by atomic mass is 16.6. The van der Waals surface area contributed by atoms with Gasteiger partial charge in [0.15, 0.2) is 6.10 Å². The van der Waals surface area contributed by atoms with Crippen LogP contribution in [0.2, 0.25) is 0 Å². The van der Waals surface area contributed by atoms with Crippen molar-refractivity contribution < 1.29 is 19.1 Å². The number of nitrogens with one attached hydrogen (secondary N) is 3. The second-order valence-electron chi connectivity index (χ2n) is 13.0. The topological polar surface area (TPSA) is 126 Å². The van der Waals surface area contributed by atoms with Crippen LogP contribution in [-0.4, -0.2) is 125 Å². The van der Waals surface area contributed by atoms with Crippen LogP contribution in [0.15, 0.2) is 48.7 Å². The number of carbonyl (C=O) groups excluding carboxylic acids is 3. The number of nitrogens with zero attached hydrogens (tertiary/aromatic N) is 5. The van der Waals surface area contributed by atoms with Crippen LogP contribution in [0.3, 0.4) is 0 Å². The van der Waals surface area contributed by atoms with E-state index in [0.29, 0.717) is 58.0 Å². The van der Waals surface area contributed by atoms with Gasteiger partial charge < -0.3 is 30.1 Å². The number of para-hydroxylation sites is 1. The number of amides is 4. The second kappa shape index (κ2) is 13.7. The van der Waals surface area contributed by atoms with Crippen LogP contribution in [0.25, 0.3) is 10.9 Å². The maximum atomic E-state index is 14.0. The molecule has 4 aliphatic rings. The zero-order valence-electron chi connectivity index (χ0n) is 26.3. The Kier molecular flexibility index (Phi) is 9.07. The lowest BCUT2D eigenvalue weighted by Gasteiger charge is -2.41. The first-order valence-corrected chi connectivity index (χ1v) is 16.8. The van der Waals surface area contributed by atoms with Crippen molar-refractivity contribution in [2.75, 3.05) is 64.2 Å². The van der Waals surface area contributed by atoms with Gasteiger partial charge in [0, 0.05) is 88.5 Å². The number of fused-ring (bicyclic) bond motifs is 2. The number of ether oxygens (including phenoxy) is 1. The van der Waals surface area contributed by atoms with Crippen LogP contribution < -0.4 is 10.6 Å². The van der Waals surface area contributed by atoms with E-state index in [9.17, 15) is 14.4 Å². The molecular weight excluding hydrogens is 584 g/mol. The van der Waals surface area contributed by atoms with E-state index in [1.807, 2.05) is 46.2 Å². The van der Waals surface area contributed by atoms with Crippen molar-refractivity contribution >= 4 is 34.6 Å². The fourth-order valence-electron chi connectivity index (χ4n) is 7.51. The van der Waals surface area contributed by atoms with Crippen LogP contribution >= 0.6 is 0 Å². The molecule has 244 valence electrons. The predicted octanol–water partition coefficient (Wildman–Crippen LogP) is 3.06. The van der Waals surface area contributed by atoms with Gasteiger partial charge in [-0.05, 0) is 61.4 Å². The molecule has 0 radical (unpaired) electrons. The average Bonchev–Trinajstić information content (AvgIpc) is 3.50. The Morgan fingerprint density at radius 3 is 2.43 bits per heavy atom. The van der Waals surface area contributed by atoms with Gasteiger partial charge in [-0.15, -0.1) is 0 Å². The standard InChI is InChI=1S/C34H44N8O4/c43-32(40-14-8-27(9-15-40)39-19-12-35-13-20-39)31(22-24-5-6-30-26(21-24)23-36-38-30)46-34(45)41-16-10-28(11-17-41)42-18-7-25-3-1-2-4-29(25)37-33(42)44/h1-6,21,23,27-28,31,35H,7-20,22H2,(H,36,38)(H,37,44)/t31-/m1/s1. The number of carbonyl (C=O) groups is 3.